The van der Waals surface area contributed by atoms with Gasteiger partial charge in [-0.05, 0) is 41.2 Å². The van der Waals surface area contributed by atoms with E-state index < -0.39 is 0 Å². The maximum absolute atomic E-state index is 5.62. The van der Waals surface area contributed by atoms with Gasteiger partial charge < -0.3 is 10.3 Å². The fraction of sp³-hybridized carbons (Fsp3) is 0.417. The number of nitrogens with zero attached hydrogens (tertiary/aromatic N) is 7. The molecule has 3 aromatic rings. The zero-order valence-electron chi connectivity index (χ0n) is 12.2. The van der Waals surface area contributed by atoms with Gasteiger partial charge in [0.15, 0.2) is 10.8 Å². The molecular weight excluding hydrogens is 368 g/mol. The first-order chi connectivity index (χ1) is 10.7. The summed E-state index contributed by atoms with van der Waals surface area (Å²) in [6, 6.07) is 0. The van der Waals surface area contributed by atoms with Crippen LogP contribution >= 0.6 is 27.7 Å². The van der Waals surface area contributed by atoms with Crippen LogP contribution in [0.4, 0.5) is 0 Å². The molecule has 10 heteroatoms. The zero-order chi connectivity index (χ0) is 15.7. The summed E-state index contributed by atoms with van der Waals surface area (Å²) in [7, 11) is 1.85. The van der Waals surface area contributed by atoms with E-state index in [1.807, 2.05) is 7.05 Å². The van der Waals surface area contributed by atoms with E-state index in [0.29, 0.717) is 13.0 Å². The molecule has 0 bridgehead atoms. The standard InChI is InChI=1S/C12H15BrN8S/c1-3-21-7(4-5-14)17-18-12(21)22-11-8-9(13)19-20(2)10(8)15-6-16-11/h6H,3-5,14H2,1-2H3. The van der Waals surface area contributed by atoms with Crippen LogP contribution < -0.4 is 5.73 Å². The lowest BCUT2D eigenvalue weighted by molar-refractivity contribution is 0.640. The number of fused-ring (bicyclic) bond motifs is 1. The van der Waals surface area contributed by atoms with Crippen molar-refractivity contribution in [3.8, 4) is 0 Å². The average molecular weight is 383 g/mol. The quantitative estimate of drug-likeness (QED) is 0.665. The van der Waals surface area contributed by atoms with Crippen molar-refractivity contribution in [2.45, 2.75) is 30.1 Å². The van der Waals surface area contributed by atoms with Gasteiger partial charge in [-0.25, -0.2) is 14.6 Å². The minimum atomic E-state index is 0.550. The zero-order valence-corrected chi connectivity index (χ0v) is 14.6. The summed E-state index contributed by atoms with van der Waals surface area (Å²) in [6.45, 7) is 3.39. The molecule has 0 radical (unpaired) electrons. The first-order valence-electron chi connectivity index (χ1n) is 6.78. The molecule has 0 fully saturated rings. The normalized spacial score (nSPS) is 11.5. The number of rotatable bonds is 5. The maximum atomic E-state index is 5.62. The van der Waals surface area contributed by atoms with Gasteiger partial charge >= 0.3 is 0 Å². The van der Waals surface area contributed by atoms with Crippen LogP contribution in [0, 0.1) is 0 Å². The topological polar surface area (TPSA) is 100 Å². The molecule has 0 saturated carbocycles. The van der Waals surface area contributed by atoms with Crippen molar-refractivity contribution < 1.29 is 0 Å². The smallest absolute Gasteiger partial charge is 0.197 e. The molecule has 3 rings (SSSR count). The fourth-order valence-electron chi connectivity index (χ4n) is 2.21. The fourth-order valence-corrected chi connectivity index (χ4v) is 3.93. The molecule has 2 N–H and O–H groups in total. The summed E-state index contributed by atoms with van der Waals surface area (Å²) in [5.74, 6) is 0.892. The van der Waals surface area contributed by atoms with E-state index in [-0.39, 0.29) is 0 Å². The van der Waals surface area contributed by atoms with Gasteiger partial charge in [-0.15, -0.1) is 10.2 Å². The highest BCUT2D eigenvalue weighted by molar-refractivity contribution is 9.10. The van der Waals surface area contributed by atoms with Gasteiger partial charge in [0.1, 0.15) is 21.8 Å². The van der Waals surface area contributed by atoms with Crippen LogP contribution in [0.1, 0.15) is 12.7 Å². The number of nitrogens with two attached hydrogens (primary N) is 1. The molecule has 0 aliphatic carbocycles. The van der Waals surface area contributed by atoms with Crippen molar-refractivity contribution in [3.05, 3.63) is 16.8 Å². The van der Waals surface area contributed by atoms with Gasteiger partial charge in [0.05, 0.1) is 5.39 Å². The summed E-state index contributed by atoms with van der Waals surface area (Å²) < 4.78 is 4.49. The molecular formula is C12H15BrN8S. The Morgan fingerprint density at radius 2 is 2.14 bits per heavy atom. The van der Waals surface area contributed by atoms with Crippen LogP contribution in [-0.2, 0) is 20.0 Å². The Labute approximate surface area is 139 Å². The number of aryl methyl sites for hydroxylation is 1. The molecule has 0 aromatic carbocycles. The second-order valence-corrected chi connectivity index (χ2v) is 6.28. The Bertz CT molecular complexity index is 811. The molecule has 0 aliphatic rings. The highest BCUT2D eigenvalue weighted by atomic mass is 79.9. The molecule has 22 heavy (non-hydrogen) atoms. The van der Waals surface area contributed by atoms with Gasteiger partial charge in [-0.1, -0.05) is 0 Å². The lowest BCUT2D eigenvalue weighted by atomic mass is 10.4. The summed E-state index contributed by atoms with van der Waals surface area (Å²) in [5.41, 5.74) is 6.39. The van der Waals surface area contributed by atoms with Crippen molar-refractivity contribution in [2.75, 3.05) is 6.54 Å². The van der Waals surface area contributed by atoms with E-state index in [2.05, 4.69) is 52.7 Å². The Kier molecular flexibility index (Phi) is 4.41. The number of halogens is 1. The predicted octanol–water partition coefficient (Wildman–Crippen LogP) is 1.39. The molecule has 0 aliphatic heterocycles. The van der Waals surface area contributed by atoms with Gasteiger partial charge in [-0.3, -0.25) is 0 Å². The van der Waals surface area contributed by atoms with Crippen LogP contribution in [-0.4, -0.2) is 41.1 Å². The summed E-state index contributed by atoms with van der Waals surface area (Å²) >= 11 is 4.92. The summed E-state index contributed by atoms with van der Waals surface area (Å²) in [5, 5.41) is 15.3. The monoisotopic (exact) mass is 382 g/mol. The van der Waals surface area contributed by atoms with Crippen molar-refractivity contribution in [1.29, 1.82) is 0 Å². The van der Waals surface area contributed by atoms with Crippen LogP contribution in [0.3, 0.4) is 0 Å². The lowest BCUT2D eigenvalue weighted by Gasteiger charge is -2.06. The van der Waals surface area contributed by atoms with Crippen LogP contribution in [0.15, 0.2) is 21.1 Å². The summed E-state index contributed by atoms with van der Waals surface area (Å²) in [4.78, 5) is 8.64. The summed E-state index contributed by atoms with van der Waals surface area (Å²) in [6.07, 6.45) is 2.24. The average Bonchev–Trinajstić information content (AvgIpc) is 3.02. The third kappa shape index (κ3) is 2.61. The van der Waals surface area contributed by atoms with Gasteiger partial charge in [0.25, 0.3) is 0 Å². The number of aromatic nitrogens is 7. The predicted molar refractivity (Wildman–Crippen MR) is 86.6 cm³/mol. The molecule has 3 heterocycles. The second kappa shape index (κ2) is 6.31. The minimum Gasteiger partial charge on any atom is -0.330 e. The van der Waals surface area contributed by atoms with Gasteiger partial charge in [-0.2, -0.15) is 5.10 Å². The molecule has 0 amide bonds. The molecule has 116 valence electrons. The van der Waals surface area contributed by atoms with Crippen LogP contribution in [0.5, 0.6) is 0 Å². The van der Waals surface area contributed by atoms with E-state index in [4.69, 9.17) is 5.73 Å². The molecule has 0 atom stereocenters. The Morgan fingerprint density at radius 1 is 1.32 bits per heavy atom. The first kappa shape index (κ1) is 15.4. The largest absolute Gasteiger partial charge is 0.330 e. The number of hydrogen-bond donors (Lipinski definition) is 1. The van der Waals surface area contributed by atoms with E-state index in [1.165, 1.54) is 18.1 Å². The van der Waals surface area contributed by atoms with E-state index in [0.717, 1.165) is 38.2 Å². The molecule has 8 nitrogen and oxygen atoms in total. The van der Waals surface area contributed by atoms with Crippen LogP contribution in [0.25, 0.3) is 11.0 Å². The van der Waals surface area contributed by atoms with E-state index >= 15 is 0 Å². The van der Waals surface area contributed by atoms with Crippen molar-refractivity contribution in [2.24, 2.45) is 12.8 Å². The molecule has 3 aromatic heterocycles. The highest BCUT2D eigenvalue weighted by Crippen LogP contribution is 2.33. The Balaban J connectivity index is 2.04. The van der Waals surface area contributed by atoms with Gasteiger partial charge in [0, 0.05) is 20.0 Å². The van der Waals surface area contributed by atoms with Crippen molar-refractivity contribution in [1.82, 2.24) is 34.5 Å². The van der Waals surface area contributed by atoms with E-state index in [1.54, 1.807) is 4.68 Å². The molecule has 0 saturated heterocycles. The Hall–Kier alpha value is -1.52. The number of hydrogen-bond acceptors (Lipinski definition) is 7. The van der Waals surface area contributed by atoms with E-state index in [9.17, 15) is 0 Å². The SMILES string of the molecule is CCn1c(CCN)nnc1Sc1ncnc2c1c(Br)nn2C. The first-order valence-corrected chi connectivity index (χ1v) is 8.39. The third-order valence-electron chi connectivity index (χ3n) is 3.21. The lowest BCUT2D eigenvalue weighted by Crippen LogP contribution is -2.10. The van der Waals surface area contributed by atoms with Gasteiger partial charge in [0.2, 0.25) is 0 Å². The molecule has 0 spiro atoms. The maximum Gasteiger partial charge on any atom is 0.197 e. The Morgan fingerprint density at radius 3 is 2.86 bits per heavy atom. The molecule has 0 unspecified atom stereocenters. The van der Waals surface area contributed by atoms with Crippen molar-refractivity contribution in [3.63, 3.8) is 0 Å². The minimum absolute atomic E-state index is 0.550. The van der Waals surface area contributed by atoms with Crippen LogP contribution in [0.2, 0.25) is 0 Å². The highest BCUT2D eigenvalue weighted by Gasteiger charge is 2.18. The second-order valence-electron chi connectivity index (χ2n) is 4.58. The van der Waals surface area contributed by atoms with Crippen molar-refractivity contribution >= 4 is 38.7 Å². The third-order valence-corrected chi connectivity index (χ3v) is 4.75.